The minimum Gasteiger partial charge on any atom is -0.306 e. The monoisotopic (exact) mass is 1250 g/mol. The highest BCUT2D eigenvalue weighted by Gasteiger charge is 2.51. The Morgan fingerprint density at radius 1 is 0.352 bits per heavy atom. The van der Waals surface area contributed by atoms with E-state index in [1.54, 1.807) is 45.3 Å². The normalized spacial score (nSPS) is 16.3. The molecule has 4 unspecified atom stereocenters. The van der Waals surface area contributed by atoms with Crippen molar-refractivity contribution in [2.45, 2.75) is 158 Å². The van der Waals surface area contributed by atoms with Crippen molar-refractivity contribution in [1.82, 2.24) is 19.6 Å². The minimum atomic E-state index is -0.0610. The maximum Gasteiger partial charge on any atom is 0.261 e. The van der Waals surface area contributed by atoms with Crippen molar-refractivity contribution >= 4 is 91.8 Å². The number of unbranched alkanes of at least 4 members (excludes halogenated alkanes) is 4. The van der Waals surface area contributed by atoms with Crippen molar-refractivity contribution in [2.24, 2.45) is 23.7 Å². The zero-order valence-corrected chi connectivity index (χ0v) is 56.2. The first-order chi connectivity index (χ1) is 43.0. The van der Waals surface area contributed by atoms with Gasteiger partial charge >= 0.3 is 0 Å². The van der Waals surface area contributed by atoms with E-state index < -0.39 is 0 Å². The van der Waals surface area contributed by atoms with Crippen LogP contribution in [0.1, 0.15) is 199 Å². The Morgan fingerprint density at radius 3 is 0.909 bits per heavy atom. The summed E-state index contributed by atoms with van der Waals surface area (Å²) in [5.41, 5.74) is 9.18. The predicted octanol–water partition coefficient (Wildman–Crippen LogP) is 18.9. The second-order valence-corrected chi connectivity index (χ2v) is 28.2. The van der Waals surface area contributed by atoms with E-state index >= 15 is 0 Å². The molecule has 0 bridgehead atoms. The maximum absolute atomic E-state index is 15.0. The first-order valence-electron chi connectivity index (χ1n) is 32.7. The molecule has 0 N–H and O–H groups in total. The molecule has 0 fully saturated rings. The van der Waals surface area contributed by atoms with Crippen LogP contribution < -0.4 is 0 Å². The Hall–Kier alpha value is -6.80. The van der Waals surface area contributed by atoms with Gasteiger partial charge in [0.1, 0.15) is 0 Å². The summed E-state index contributed by atoms with van der Waals surface area (Å²) in [7, 11) is 0. The summed E-state index contributed by atoms with van der Waals surface area (Å²) in [6.07, 6.45) is 16.9. The fraction of sp³-hybridized carbons (Fsp3) is 0.421. The van der Waals surface area contributed by atoms with Gasteiger partial charge in [0.2, 0.25) is 0 Å². The number of hydrogen-bond acceptors (Lipinski definition) is 8. The lowest BCUT2D eigenvalue weighted by atomic mass is 9.98. The Balaban J connectivity index is 0.878. The zero-order chi connectivity index (χ0) is 61.8. The van der Waals surface area contributed by atoms with Gasteiger partial charge in [0, 0.05) is 37.3 Å². The molecule has 0 spiro atoms. The van der Waals surface area contributed by atoms with Crippen molar-refractivity contribution in [3.05, 3.63) is 171 Å². The molecule has 12 heteroatoms. The first kappa shape index (κ1) is 64.2. The summed E-state index contributed by atoms with van der Waals surface area (Å²) in [4.78, 5) is 73.2. The molecule has 6 aromatic rings. The van der Waals surface area contributed by atoms with E-state index in [9.17, 15) is 19.2 Å². The van der Waals surface area contributed by atoms with Gasteiger partial charge in [0.15, 0.2) is 0 Å². The van der Waals surface area contributed by atoms with Gasteiger partial charge in [0.05, 0.1) is 74.3 Å². The molecule has 4 aromatic heterocycles. The predicted molar refractivity (Wildman–Crippen MR) is 369 cm³/mol. The van der Waals surface area contributed by atoms with Gasteiger partial charge in [0.25, 0.3) is 23.6 Å². The second kappa shape index (κ2) is 30.1. The number of carbonyl (C=O) groups is 4. The van der Waals surface area contributed by atoms with Crippen molar-refractivity contribution in [1.29, 1.82) is 0 Å². The molecular formula is C76H86N4O4S4. The van der Waals surface area contributed by atoms with Gasteiger partial charge in [-0.25, -0.2) is 0 Å². The van der Waals surface area contributed by atoms with E-state index in [1.165, 1.54) is 0 Å². The van der Waals surface area contributed by atoms with E-state index in [4.69, 9.17) is 0 Å². The standard InChI is InChI=1S/C76H86N4O4S4/c1-9-17-23-51(13-5)47-77-69(61-27-21-45-85-61)65-67(75(77)83)71(79(73(65)81)49-53(15-7)25-19-11-3)63-43-41-59(87-63)39-33-55-29-35-57(36-30-55)58-37-31-56(32-38-58)34-40-60-42-44-64(88-60)72-68-66(74(82)80(72)50-54(16-8)26-20-12-4)70(62-28-22-46-86-62)78(76(68)84)48-52(14-6)24-18-10-2/h21-22,27-32,35-38,41-46,51-54H,9-20,23-26,47-50H2,1-8H3. The molecule has 458 valence electrons. The molecule has 4 amide bonds. The van der Waals surface area contributed by atoms with Crippen LogP contribution in [0.25, 0.3) is 33.9 Å². The molecule has 4 aliphatic heterocycles. The van der Waals surface area contributed by atoms with Crippen LogP contribution in [0.5, 0.6) is 0 Å². The zero-order valence-electron chi connectivity index (χ0n) is 52.9. The topological polar surface area (TPSA) is 81.2 Å². The van der Waals surface area contributed by atoms with Crippen LogP contribution in [0, 0.1) is 47.4 Å². The van der Waals surface area contributed by atoms with Crippen molar-refractivity contribution in [3.8, 4) is 34.8 Å². The van der Waals surface area contributed by atoms with Gasteiger partial charge in [-0.2, -0.15) is 0 Å². The van der Waals surface area contributed by atoms with Crippen LogP contribution in [0.4, 0.5) is 0 Å². The molecule has 0 saturated carbocycles. The summed E-state index contributed by atoms with van der Waals surface area (Å²) in [6.45, 7) is 20.1. The Kier molecular flexibility index (Phi) is 22.0. The summed E-state index contributed by atoms with van der Waals surface area (Å²) in [6, 6.07) is 32.9. The van der Waals surface area contributed by atoms with Crippen molar-refractivity contribution in [3.63, 3.8) is 0 Å². The molecule has 2 aromatic carbocycles. The largest absolute Gasteiger partial charge is 0.306 e. The molecule has 10 rings (SSSR count). The number of thiophene rings is 4. The van der Waals surface area contributed by atoms with E-state index in [0.29, 0.717) is 72.1 Å². The van der Waals surface area contributed by atoms with E-state index in [1.807, 2.05) is 54.6 Å². The van der Waals surface area contributed by atoms with E-state index in [2.05, 4.69) is 152 Å². The van der Waals surface area contributed by atoms with Crippen LogP contribution in [0.15, 0.2) is 130 Å². The third-order valence-corrected chi connectivity index (χ3v) is 22.0. The molecule has 0 saturated heterocycles. The van der Waals surface area contributed by atoms with Crippen molar-refractivity contribution in [2.75, 3.05) is 26.2 Å². The van der Waals surface area contributed by atoms with Crippen LogP contribution in [0.2, 0.25) is 0 Å². The van der Waals surface area contributed by atoms with Crippen LogP contribution in [-0.4, -0.2) is 69.4 Å². The smallest absolute Gasteiger partial charge is 0.261 e. The molecular weight excluding hydrogens is 1160 g/mol. The molecule has 0 radical (unpaired) electrons. The van der Waals surface area contributed by atoms with Crippen LogP contribution in [-0.2, 0) is 19.2 Å². The van der Waals surface area contributed by atoms with E-state index in [0.717, 1.165) is 177 Å². The molecule has 8 nitrogen and oxygen atoms in total. The molecule has 4 aliphatic rings. The van der Waals surface area contributed by atoms with Gasteiger partial charge in [-0.3, -0.25) is 19.2 Å². The lowest BCUT2D eigenvalue weighted by Gasteiger charge is -2.29. The number of rotatable bonds is 29. The highest BCUT2D eigenvalue weighted by Crippen LogP contribution is 2.51. The number of hydrogen-bond donors (Lipinski definition) is 0. The van der Waals surface area contributed by atoms with Gasteiger partial charge in [-0.1, -0.05) is 193 Å². The Morgan fingerprint density at radius 2 is 0.648 bits per heavy atom. The third-order valence-electron chi connectivity index (χ3n) is 18.3. The SMILES string of the molecule is CCCCC(CC)CN1C(=O)C2=C(c3ccc(C#Cc4ccc(-c5ccc(C#Cc6ccc(C7=C8C(=O)N(CC(CC)CCCC)C(c9cccs9)=C8C(=O)N7CC(CC)CCCC)s6)cc5)cc4)s3)N(CC(CC)CCCC)C(=O)C2=C1c1cccs1. The van der Waals surface area contributed by atoms with Gasteiger partial charge < -0.3 is 19.6 Å². The molecule has 88 heavy (non-hydrogen) atoms. The minimum absolute atomic E-state index is 0.0610. The lowest BCUT2D eigenvalue weighted by molar-refractivity contribution is -0.124. The highest BCUT2D eigenvalue weighted by atomic mass is 32.1. The third kappa shape index (κ3) is 13.8. The fourth-order valence-electron chi connectivity index (χ4n) is 12.9. The summed E-state index contributed by atoms with van der Waals surface area (Å²) >= 11 is 6.29. The van der Waals surface area contributed by atoms with Crippen LogP contribution in [0.3, 0.4) is 0 Å². The molecule has 0 aliphatic carbocycles. The number of carbonyl (C=O) groups excluding carboxylic acids is 4. The highest BCUT2D eigenvalue weighted by molar-refractivity contribution is 7.14. The molecule has 8 heterocycles. The van der Waals surface area contributed by atoms with Gasteiger partial charge in [-0.15, -0.1) is 45.3 Å². The van der Waals surface area contributed by atoms with E-state index in [-0.39, 0.29) is 23.6 Å². The lowest BCUT2D eigenvalue weighted by Crippen LogP contribution is -2.34. The van der Waals surface area contributed by atoms with Crippen LogP contribution >= 0.6 is 45.3 Å². The number of fused-ring (bicyclic) bond motifs is 2. The number of amides is 4. The number of benzene rings is 2. The van der Waals surface area contributed by atoms with Crippen molar-refractivity contribution < 1.29 is 19.2 Å². The van der Waals surface area contributed by atoms with Gasteiger partial charge in [-0.05, 0) is 132 Å². The average Bonchev–Trinajstić information content (AvgIpc) is 1.57. The summed E-state index contributed by atoms with van der Waals surface area (Å²) in [5.74, 6) is 14.7. The number of nitrogens with zero attached hydrogens (tertiary/aromatic N) is 4. The quantitative estimate of drug-likeness (QED) is 0.0438. The summed E-state index contributed by atoms with van der Waals surface area (Å²) in [5, 5.41) is 4.07. The Labute approximate surface area is 540 Å². The fourth-order valence-corrected chi connectivity index (χ4v) is 16.3. The average molecular weight is 1250 g/mol. The first-order valence-corrected chi connectivity index (χ1v) is 36.1. The second-order valence-electron chi connectivity index (χ2n) is 24.2. The molecule has 4 atom stereocenters. The Bertz CT molecular complexity index is 3470. The maximum atomic E-state index is 15.0. The summed E-state index contributed by atoms with van der Waals surface area (Å²) < 4.78 is 0.